The Morgan fingerprint density at radius 3 is 2.12 bits per heavy atom. The fraction of sp³-hybridized carbons (Fsp3) is 0.525. The molecule has 0 spiro atoms. The normalized spacial score (nSPS) is 14.2. The third kappa shape index (κ3) is 12.8. The van der Waals surface area contributed by atoms with Gasteiger partial charge in [-0.1, -0.05) is 74.5 Å². The first-order chi connectivity index (χ1) is 24.5. The van der Waals surface area contributed by atoms with E-state index < -0.39 is 0 Å². The SMILES string of the molecule is COc1ccc(/C=C\c2cc(OC)c(OC)c(OC)c2)cc1OCCCCCCCCCCc1cn(CCCCC[C@H]2CC=CC(=O)O2)nn1. The molecule has 0 saturated heterocycles. The first-order valence-corrected chi connectivity index (χ1v) is 18.1. The van der Waals surface area contributed by atoms with E-state index in [1.807, 2.05) is 53.2 Å². The first kappa shape index (κ1) is 38.3. The predicted octanol–water partition coefficient (Wildman–Crippen LogP) is 8.66. The molecule has 0 radical (unpaired) electrons. The van der Waals surface area contributed by atoms with Crippen LogP contribution in [0.5, 0.6) is 28.7 Å². The van der Waals surface area contributed by atoms with Crippen molar-refractivity contribution in [2.75, 3.05) is 35.0 Å². The van der Waals surface area contributed by atoms with Gasteiger partial charge in [0.1, 0.15) is 6.10 Å². The van der Waals surface area contributed by atoms with Crippen LogP contribution >= 0.6 is 0 Å². The molecule has 0 bridgehead atoms. The van der Waals surface area contributed by atoms with Crippen LogP contribution < -0.4 is 23.7 Å². The molecule has 3 aromatic rings. The number of rotatable bonds is 24. The molecule has 0 amide bonds. The number of methoxy groups -OCH3 is 4. The molecule has 0 unspecified atom stereocenters. The molecule has 1 aromatic heterocycles. The van der Waals surface area contributed by atoms with E-state index >= 15 is 0 Å². The van der Waals surface area contributed by atoms with Crippen molar-refractivity contribution in [2.24, 2.45) is 0 Å². The summed E-state index contributed by atoms with van der Waals surface area (Å²) in [6, 6.07) is 9.78. The number of hydrogen-bond acceptors (Lipinski definition) is 9. The van der Waals surface area contributed by atoms with Crippen LogP contribution in [-0.4, -0.2) is 62.1 Å². The van der Waals surface area contributed by atoms with E-state index in [1.165, 1.54) is 38.2 Å². The van der Waals surface area contributed by atoms with Crippen LogP contribution in [0, 0.1) is 0 Å². The molecule has 1 atom stereocenters. The van der Waals surface area contributed by atoms with Crippen molar-refractivity contribution in [3.63, 3.8) is 0 Å². The predicted molar refractivity (Wildman–Crippen MR) is 196 cm³/mol. The Morgan fingerprint density at radius 2 is 1.42 bits per heavy atom. The van der Waals surface area contributed by atoms with Crippen LogP contribution in [0.1, 0.15) is 100 Å². The summed E-state index contributed by atoms with van der Waals surface area (Å²) in [5, 5.41) is 8.66. The number of carbonyl (C=O) groups is 1. The lowest BCUT2D eigenvalue weighted by molar-refractivity contribution is -0.144. The molecular formula is C40H55N3O7. The summed E-state index contributed by atoms with van der Waals surface area (Å²) in [5.74, 6) is 3.06. The zero-order valence-electron chi connectivity index (χ0n) is 30.4. The summed E-state index contributed by atoms with van der Waals surface area (Å²) >= 11 is 0. The van der Waals surface area contributed by atoms with Gasteiger partial charge in [0.05, 0.1) is 40.7 Å². The molecule has 0 N–H and O–H groups in total. The van der Waals surface area contributed by atoms with Gasteiger partial charge in [-0.3, -0.25) is 4.68 Å². The standard InChI is InChI=1S/C40H55N3O7/c1-45-35-24-23-31(21-22-32-28-37(46-2)40(48-4)38(29-32)47-3)27-36(35)49-26-15-10-8-6-5-7-9-12-17-33-30-43(42-41-33)25-14-11-13-18-34-19-16-20-39(44)50-34/h16,20-24,27-30,34H,5-15,17-19,25-26H2,1-4H3/b22-21-/t34-/m0/s1. The second kappa shape index (κ2) is 21.6. The average Bonchev–Trinajstić information content (AvgIpc) is 3.59. The molecule has 10 nitrogen and oxygen atoms in total. The average molecular weight is 690 g/mol. The summed E-state index contributed by atoms with van der Waals surface area (Å²) in [5.41, 5.74) is 3.02. The number of benzene rings is 2. The molecule has 0 fully saturated rings. The fourth-order valence-electron chi connectivity index (χ4n) is 6.08. The van der Waals surface area contributed by atoms with Crippen LogP contribution in [0.4, 0.5) is 0 Å². The fourth-order valence-corrected chi connectivity index (χ4v) is 6.08. The maximum atomic E-state index is 11.3. The molecule has 2 aromatic carbocycles. The second-order valence-corrected chi connectivity index (χ2v) is 12.6. The summed E-state index contributed by atoms with van der Waals surface area (Å²) in [6.45, 7) is 1.55. The number of ether oxygens (including phenoxy) is 6. The van der Waals surface area contributed by atoms with Gasteiger partial charge in [0.25, 0.3) is 0 Å². The lowest BCUT2D eigenvalue weighted by Gasteiger charge is -2.18. The maximum Gasteiger partial charge on any atom is 0.330 e. The summed E-state index contributed by atoms with van der Waals surface area (Å²) in [6.07, 6.45) is 25.1. The highest BCUT2D eigenvalue weighted by Gasteiger charge is 2.15. The van der Waals surface area contributed by atoms with E-state index in [0.717, 1.165) is 92.7 Å². The minimum Gasteiger partial charge on any atom is -0.493 e. The smallest absolute Gasteiger partial charge is 0.330 e. The van der Waals surface area contributed by atoms with E-state index in [-0.39, 0.29) is 12.1 Å². The van der Waals surface area contributed by atoms with Gasteiger partial charge >= 0.3 is 5.97 Å². The van der Waals surface area contributed by atoms with E-state index in [0.29, 0.717) is 23.9 Å². The molecule has 50 heavy (non-hydrogen) atoms. The van der Waals surface area contributed by atoms with Crippen LogP contribution in [-0.2, 0) is 22.5 Å². The van der Waals surface area contributed by atoms with Crippen molar-refractivity contribution in [2.45, 2.75) is 103 Å². The number of hydrogen-bond donors (Lipinski definition) is 0. The Hall–Kier alpha value is -4.47. The number of nitrogens with zero attached hydrogens (tertiary/aromatic N) is 3. The molecule has 10 heteroatoms. The molecule has 4 rings (SSSR count). The molecule has 2 heterocycles. The number of unbranched alkanes of at least 4 members (excludes halogenated alkanes) is 9. The highest BCUT2D eigenvalue weighted by molar-refractivity contribution is 5.82. The second-order valence-electron chi connectivity index (χ2n) is 12.6. The number of aryl methyl sites for hydroxylation is 2. The van der Waals surface area contributed by atoms with Crippen LogP contribution in [0.3, 0.4) is 0 Å². The van der Waals surface area contributed by atoms with Gasteiger partial charge in [0.2, 0.25) is 5.75 Å². The summed E-state index contributed by atoms with van der Waals surface area (Å²) in [7, 11) is 6.49. The molecule has 0 aliphatic carbocycles. The van der Waals surface area contributed by atoms with Crippen LogP contribution in [0.15, 0.2) is 48.7 Å². The van der Waals surface area contributed by atoms with Gasteiger partial charge in [-0.25, -0.2) is 4.79 Å². The third-order valence-corrected chi connectivity index (χ3v) is 8.86. The van der Waals surface area contributed by atoms with E-state index in [2.05, 4.69) is 16.5 Å². The van der Waals surface area contributed by atoms with Gasteiger partial charge in [-0.15, -0.1) is 5.10 Å². The minimum absolute atomic E-state index is 0.0454. The summed E-state index contributed by atoms with van der Waals surface area (Å²) < 4.78 is 35.4. The molecule has 1 aliphatic heterocycles. The number of esters is 1. The third-order valence-electron chi connectivity index (χ3n) is 8.86. The van der Waals surface area contributed by atoms with Gasteiger partial charge in [0, 0.05) is 25.2 Å². The maximum absolute atomic E-state index is 11.3. The van der Waals surface area contributed by atoms with Crippen molar-refractivity contribution >= 4 is 18.1 Å². The van der Waals surface area contributed by atoms with Gasteiger partial charge in [-0.2, -0.15) is 0 Å². The zero-order valence-corrected chi connectivity index (χ0v) is 30.4. The Bertz CT molecular complexity index is 1490. The largest absolute Gasteiger partial charge is 0.493 e. The van der Waals surface area contributed by atoms with Crippen molar-refractivity contribution in [1.29, 1.82) is 0 Å². The number of carbonyl (C=O) groups excluding carboxylic acids is 1. The number of aromatic nitrogens is 3. The van der Waals surface area contributed by atoms with Crippen molar-refractivity contribution in [1.82, 2.24) is 15.0 Å². The van der Waals surface area contributed by atoms with E-state index in [9.17, 15) is 4.79 Å². The molecule has 1 aliphatic rings. The lowest BCUT2D eigenvalue weighted by atomic mass is 10.1. The van der Waals surface area contributed by atoms with E-state index in [1.54, 1.807) is 28.4 Å². The van der Waals surface area contributed by atoms with Crippen molar-refractivity contribution < 1.29 is 33.2 Å². The lowest BCUT2D eigenvalue weighted by Crippen LogP contribution is -2.19. The number of cyclic esters (lactones) is 1. The van der Waals surface area contributed by atoms with Gasteiger partial charge in [0.15, 0.2) is 23.0 Å². The topological polar surface area (TPSA) is 103 Å². The summed E-state index contributed by atoms with van der Waals surface area (Å²) in [4.78, 5) is 11.3. The minimum atomic E-state index is -0.212. The highest BCUT2D eigenvalue weighted by atomic mass is 16.5. The monoisotopic (exact) mass is 689 g/mol. The quantitative estimate of drug-likeness (QED) is 0.0519. The molecule has 0 saturated carbocycles. The Kier molecular flexibility index (Phi) is 16.5. The highest BCUT2D eigenvalue weighted by Crippen LogP contribution is 2.39. The molecular weight excluding hydrogens is 634 g/mol. The molecule has 272 valence electrons. The van der Waals surface area contributed by atoms with Crippen molar-refractivity contribution in [3.05, 3.63) is 65.5 Å². The van der Waals surface area contributed by atoms with Crippen LogP contribution in [0.2, 0.25) is 0 Å². The Balaban J connectivity index is 1.04. The van der Waals surface area contributed by atoms with E-state index in [4.69, 9.17) is 28.4 Å². The first-order valence-electron chi connectivity index (χ1n) is 18.1. The Labute approximate surface area is 297 Å². The zero-order chi connectivity index (χ0) is 35.4. The van der Waals surface area contributed by atoms with Gasteiger partial charge < -0.3 is 28.4 Å². The Morgan fingerprint density at radius 1 is 0.760 bits per heavy atom. The van der Waals surface area contributed by atoms with Crippen LogP contribution in [0.25, 0.3) is 12.2 Å². The van der Waals surface area contributed by atoms with Gasteiger partial charge in [-0.05, 0) is 73.9 Å². The van der Waals surface area contributed by atoms with Crippen molar-refractivity contribution in [3.8, 4) is 28.7 Å².